The lowest BCUT2D eigenvalue weighted by atomic mass is 9.77. The van der Waals surface area contributed by atoms with E-state index >= 15 is 0 Å². The van der Waals surface area contributed by atoms with Crippen molar-refractivity contribution in [2.75, 3.05) is 20.3 Å². The van der Waals surface area contributed by atoms with Crippen LogP contribution in [0, 0.1) is 0 Å². The maximum atomic E-state index is 13.4. The van der Waals surface area contributed by atoms with Crippen molar-refractivity contribution in [1.29, 1.82) is 0 Å². The van der Waals surface area contributed by atoms with Gasteiger partial charge in [-0.25, -0.2) is 0 Å². The van der Waals surface area contributed by atoms with Crippen molar-refractivity contribution < 1.29 is 34.4 Å². The van der Waals surface area contributed by atoms with Gasteiger partial charge in [-0.15, -0.1) is 0 Å². The molecule has 1 aliphatic heterocycles. The van der Waals surface area contributed by atoms with Crippen LogP contribution in [0.1, 0.15) is 42.4 Å². The smallest absolute Gasteiger partial charge is 0.247 e. The zero-order valence-electron chi connectivity index (χ0n) is 21.7. The highest BCUT2D eigenvalue weighted by Gasteiger charge is 2.51. The van der Waals surface area contributed by atoms with Gasteiger partial charge in [0.05, 0.1) is 42.3 Å². The summed E-state index contributed by atoms with van der Waals surface area (Å²) in [6, 6.07) is 7.50. The van der Waals surface area contributed by atoms with E-state index in [0.717, 1.165) is 0 Å². The molecule has 0 radical (unpaired) electrons. The number of nitrogens with zero attached hydrogens (tertiary/aromatic N) is 1. The molecule has 0 unspecified atom stereocenters. The molecule has 0 saturated carbocycles. The Labute approximate surface area is 236 Å². The summed E-state index contributed by atoms with van der Waals surface area (Å²) in [7, 11) is 1.47. The van der Waals surface area contributed by atoms with Gasteiger partial charge in [-0.05, 0) is 47.9 Å². The molecule has 39 heavy (non-hydrogen) atoms. The minimum atomic E-state index is -1.21. The second-order valence-electron chi connectivity index (χ2n) is 9.54. The number of methoxy groups -OCH3 is 1. The Hall–Kier alpha value is -2.82. The third kappa shape index (κ3) is 5.88. The Morgan fingerprint density at radius 2 is 1.90 bits per heavy atom. The van der Waals surface area contributed by atoms with Gasteiger partial charge in [0.25, 0.3) is 0 Å². The van der Waals surface area contributed by atoms with E-state index in [2.05, 4.69) is 5.32 Å². The molecule has 0 fully saturated rings. The third-order valence-electron chi connectivity index (χ3n) is 6.98. The number of carbonyl (C=O) groups is 2. The lowest BCUT2D eigenvalue weighted by molar-refractivity contribution is -0.138. The fourth-order valence-electron chi connectivity index (χ4n) is 5.17. The minimum absolute atomic E-state index is 0.0241. The third-order valence-corrected chi connectivity index (χ3v) is 7.71. The standard InChI is InChI=1S/C28H32Cl2N2O7/c1-3-4-23(35)32(13-15-5-6-19(29)20(30)10-15)21-12-18(28(37)31-7-8-33)24-17-9-16(14-34)11-22(38-2)26(17)39-27(24)25(21)36/h5-6,9-12,21,24-25,27,33-34,36H,3-4,7-8,13-14H2,1-2H3,(H,31,37)/t21-,24+,25+,27+/m1/s1. The van der Waals surface area contributed by atoms with Crippen LogP contribution in [0.3, 0.4) is 0 Å². The van der Waals surface area contributed by atoms with Crippen LogP contribution in [0.4, 0.5) is 0 Å². The second kappa shape index (κ2) is 12.6. The topological polar surface area (TPSA) is 129 Å². The number of aliphatic hydroxyl groups is 3. The number of carbonyl (C=O) groups excluding carboxylic acids is 2. The molecular formula is C28H32Cl2N2O7. The number of benzene rings is 2. The average molecular weight is 579 g/mol. The second-order valence-corrected chi connectivity index (χ2v) is 10.4. The highest BCUT2D eigenvalue weighted by atomic mass is 35.5. The molecule has 210 valence electrons. The van der Waals surface area contributed by atoms with Crippen LogP contribution in [0.2, 0.25) is 10.0 Å². The highest BCUT2D eigenvalue weighted by molar-refractivity contribution is 6.42. The predicted octanol–water partition coefficient (Wildman–Crippen LogP) is 2.95. The van der Waals surface area contributed by atoms with Crippen LogP contribution >= 0.6 is 23.2 Å². The van der Waals surface area contributed by atoms with E-state index in [1.165, 1.54) is 12.0 Å². The van der Waals surface area contributed by atoms with E-state index in [0.29, 0.717) is 44.7 Å². The maximum absolute atomic E-state index is 13.4. The molecule has 4 atom stereocenters. The zero-order valence-corrected chi connectivity index (χ0v) is 23.2. The summed E-state index contributed by atoms with van der Waals surface area (Å²) in [5.74, 6) is -0.648. The van der Waals surface area contributed by atoms with Crippen LogP contribution in [0.25, 0.3) is 0 Å². The summed E-state index contributed by atoms with van der Waals surface area (Å²) in [6.45, 7) is 1.50. The van der Waals surface area contributed by atoms with Crippen LogP contribution in [0.5, 0.6) is 11.5 Å². The quantitative estimate of drug-likeness (QED) is 0.341. The molecule has 2 amide bonds. The summed E-state index contributed by atoms with van der Waals surface area (Å²) < 4.78 is 11.7. The SMILES string of the molecule is CCCC(=O)N(Cc1ccc(Cl)c(Cl)c1)[C@@H]1C=C(C(=O)NCCO)[C@@H]2c3cc(CO)cc(OC)c3O[C@@H]2[C@H]1O. The Bertz CT molecular complexity index is 1270. The summed E-state index contributed by atoms with van der Waals surface area (Å²) in [4.78, 5) is 28.3. The molecule has 4 N–H and O–H groups in total. The van der Waals surface area contributed by atoms with E-state index in [4.69, 9.17) is 32.7 Å². The number of aliphatic hydroxyl groups excluding tert-OH is 3. The number of rotatable bonds is 10. The normalized spacial score (nSPS) is 21.4. The largest absolute Gasteiger partial charge is 0.493 e. The van der Waals surface area contributed by atoms with E-state index in [-0.39, 0.29) is 44.2 Å². The molecule has 9 nitrogen and oxygen atoms in total. The number of nitrogens with one attached hydrogen (secondary N) is 1. The van der Waals surface area contributed by atoms with Gasteiger partial charge in [0.15, 0.2) is 11.5 Å². The predicted molar refractivity (Wildman–Crippen MR) is 146 cm³/mol. The molecule has 0 spiro atoms. The molecule has 2 aliphatic rings. The Balaban J connectivity index is 1.81. The number of ether oxygens (including phenoxy) is 2. The number of hydrogen-bond donors (Lipinski definition) is 4. The molecule has 0 saturated heterocycles. The molecule has 0 aromatic heterocycles. The van der Waals surface area contributed by atoms with Crippen LogP contribution in [-0.2, 0) is 22.7 Å². The van der Waals surface area contributed by atoms with Gasteiger partial charge < -0.3 is 35.0 Å². The van der Waals surface area contributed by atoms with Crippen molar-refractivity contribution in [3.05, 3.63) is 68.7 Å². The number of halogens is 2. The molecule has 1 heterocycles. The highest BCUT2D eigenvalue weighted by Crippen LogP contribution is 2.51. The van der Waals surface area contributed by atoms with E-state index in [1.54, 1.807) is 36.4 Å². The van der Waals surface area contributed by atoms with Crippen molar-refractivity contribution in [2.45, 2.75) is 57.1 Å². The Morgan fingerprint density at radius 3 is 2.54 bits per heavy atom. The van der Waals surface area contributed by atoms with Gasteiger partial charge in [-0.3, -0.25) is 9.59 Å². The fraction of sp³-hybridized carbons (Fsp3) is 0.429. The van der Waals surface area contributed by atoms with Gasteiger partial charge in [-0.1, -0.05) is 36.2 Å². The number of hydrogen-bond acceptors (Lipinski definition) is 7. The molecule has 2 aromatic rings. The average Bonchev–Trinajstić information content (AvgIpc) is 3.32. The van der Waals surface area contributed by atoms with Crippen molar-refractivity contribution in [2.24, 2.45) is 0 Å². The van der Waals surface area contributed by atoms with Crippen LogP contribution < -0.4 is 14.8 Å². The first-order valence-corrected chi connectivity index (χ1v) is 13.5. The van der Waals surface area contributed by atoms with Crippen molar-refractivity contribution in [1.82, 2.24) is 10.2 Å². The maximum Gasteiger partial charge on any atom is 0.247 e. The van der Waals surface area contributed by atoms with E-state index in [9.17, 15) is 24.9 Å². The molecule has 11 heteroatoms. The van der Waals surface area contributed by atoms with Gasteiger partial charge in [-0.2, -0.15) is 0 Å². The lowest BCUT2D eigenvalue weighted by Gasteiger charge is -2.41. The van der Waals surface area contributed by atoms with Gasteiger partial charge in [0, 0.05) is 30.6 Å². The molecule has 1 aliphatic carbocycles. The zero-order chi connectivity index (χ0) is 28.3. The first kappa shape index (κ1) is 29.2. The monoisotopic (exact) mass is 578 g/mol. The lowest BCUT2D eigenvalue weighted by Crippen LogP contribution is -2.55. The summed E-state index contributed by atoms with van der Waals surface area (Å²) in [6.07, 6.45) is 0.288. The van der Waals surface area contributed by atoms with E-state index in [1.807, 2.05) is 6.92 Å². The van der Waals surface area contributed by atoms with E-state index < -0.39 is 30.1 Å². The first-order valence-electron chi connectivity index (χ1n) is 12.7. The van der Waals surface area contributed by atoms with Crippen molar-refractivity contribution in [3.8, 4) is 11.5 Å². The Morgan fingerprint density at radius 1 is 1.13 bits per heavy atom. The van der Waals surface area contributed by atoms with Crippen molar-refractivity contribution in [3.63, 3.8) is 0 Å². The van der Waals surface area contributed by atoms with Crippen LogP contribution in [0.15, 0.2) is 42.0 Å². The van der Waals surface area contributed by atoms with Crippen molar-refractivity contribution >= 4 is 35.0 Å². The van der Waals surface area contributed by atoms with Gasteiger partial charge in [0.1, 0.15) is 12.2 Å². The number of amides is 2. The molecule has 4 rings (SSSR count). The fourth-order valence-corrected chi connectivity index (χ4v) is 5.49. The molecular weight excluding hydrogens is 547 g/mol. The van der Waals surface area contributed by atoms with Crippen LogP contribution in [-0.4, -0.2) is 70.5 Å². The number of fused-ring (bicyclic) bond motifs is 3. The van der Waals surface area contributed by atoms with Gasteiger partial charge in [0.2, 0.25) is 11.8 Å². The minimum Gasteiger partial charge on any atom is -0.493 e. The Kier molecular flexibility index (Phi) is 9.40. The summed E-state index contributed by atoms with van der Waals surface area (Å²) in [5, 5.41) is 34.2. The first-order chi connectivity index (χ1) is 18.7. The summed E-state index contributed by atoms with van der Waals surface area (Å²) >= 11 is 12.3. The molecule has 2 aromatic carbocycles. The molecule has 0 bridgehead atoms. The summed E-state index contributed by atoms with van der Waals surface area (Å²) in [5.41, 5.74) is 2.12. The van der Waals surface area contributed by atoms with Gasteiger partial charge >= 0.3 is 0 Å².